The number of methoxy groups -OCH3 is 4. The Bertz CT molecular complexity index is 1460. The number of imide groups is 1. The lowest BCUT2D eigenvalue weighted by molar-refractivity contribution is -0.135. The highest BCUT2D eigenvalue weighted by Crippen LogP contribution is 2.36. The van der Waals surface area contributed by atoms with Gasteiger partial charge in [0.25, 0.3) is 0 Å². The first-order valence-electron chi connectivity index (χ1n) is 12.9. The number of amides is 3. The van der Waals surface area contributed by atoms with E-state index in [0.29, 0.717) is 39.1 Å². The van der Waals surface area contributed by atoms with Crippen molar-refractivity contribution in [2.24, 2.45) is 5.92 Å². The molecule has 42 heavy (non-hydrogen) atoms. The molecule has 0 N–H and O–H groups in total. The summed E-state index contributed by atoms with van der Waals surface area (Å²) in [5.74, 6) is -0.0137. The lowest BCUT2D eigenvalue weighted by Gasteiger charge is -2.26. The summed E-state index contributed by atoms with van der Waals surface area (Å²) in [6.45, 7) is -0.549. The van der Waals surface area contributed by atoms with Gasteiger partial charge in [0.2, 0.25) is 11.8 Å². The van der Waals surface area contributed by atoms with E-state index in [9.17, 15) is 14.4 Å². The summed E-state index contributed by atoms with van der Waals surface area (Å²) in [7, 11) is 6.01. The predicted molar refractivity (Wildman–Crippen MR) is 156 cm³/mol. The molecule has 0 aromatic heterocycles. The Kier molecular flexibility index (Phi) is 10.0. The van der Waals surface area contributed by atoms with Crippen molar-refractivity contribution in [3.8, 4) is 28.7 Å². The summed E-state index contributed by atoms with van der Waals surface area (Å²) in [6.07, 6.45) is -0.898. The van der Waals surface area contributed by atoms with Crippen molar-refractivity contribution in [1.29, 1.82) is 0 Å². The topological polar surface area (TPSA) is 104 Å². The zero-order chi connectivity index (χ0) is 30.4. The largest absolute Gasteiger partial charge is 0.496 e. The maximum atomic E-state index is 13.9. The van der Waals surface area contributed by atoms with Gasteiger partial charge in [0.1, 0.15) is 29.5 Å². The summed E-state index contributed by atoms with van der Waals surface area (Å²) in [5, 5.41) is 0.627. The van der Waals surface area contributed by atoms with Gasteiger partial charge in [-0.25, -0.2) is 9.69 Å². The first-order chi connectivity index (χ1) is 20.2. The Morgan fingerprint density at radius 2 is 1.52 bits per heavy atom. The molecule has 1 heterocycles. The Balaban J connectivity index is 1.72. The number of hydrogen-bond acceptors (Lipinski definition) is 8. The van der Waals surface area contributed by atoms with Gasteiger partial charge in [-0.15, -0.1) is 0 Å². The average molecular weight is 617 g/mol. The lowest BCUT2D eigenvalue weighted by atomic mass is 9.96. The minimum absolute atomic E-state index is 0.0262. The molecule has 0 bridgehead atoms. The third-order valence-electron chi connectivity index (χ3n) is 6.83. The Labute approximate surface area is 253 Å². The van der Waals surface area contributed by atoms with Gasteiger partial charge in [-0.3, -0.25) is 9.59 Å². The van der Waals surface area contributed by atoms with Crippen molar-refractivity contribution in [3.63, 3.8) is 0 Å². The predicted octanol–water partition coefficient (Wildman–Crippen LogP) is 5.26. The molecule has 1 aliphatic rings. The molecule has 1 unspecified atom stereocenters. The minimum atomic E-state index is -1.02. The van der Waals surface area contributed by atoms with Crippen LogP contribution in [0.1, 0.15) is 11.1 Å². The lowest BCUT2D eigenvalue weighted by Crippen LogP contribution is -2.44. The van der Waals surface area contributed by atoms with Gasteiger partial charge in [-0.1, -0.05) is 35.3 Å². The fourth-order valence-electron chi connectivity index (χ4n) is 4.71. The van der Waals surface area contributed by atoms with Gasteiger partial charge in [0.05, 0.1) is 51.5 Å². The number of ether oxygens (including phenoxy) is 5. The van der Waals surface area contributed by atoms with Crippen molar-refractivity contribution >= 4 is 41.1 Å². The Morgan fingerprint density at radius 1 is 0.857 bits per heavy atom. The molecular weight excluding hydrogens is 587 g/mol. The molecule has 3 aromatic carbocycles. The Morgan fingerprint density at radius 3 is 2.14 bits per heavy atom. The smallest absolute Gasteiger partial charge is 0.422 e. The van der Waals surface area contributed by atoms with Crippen LogP contribution in [0.5, 0.6) is 28.7 Å². The van der Waals surface area contributed by atoms with Crippen LogP contribution in [-0.2, 0) is 22.6 Å². The number of carbonyl (C=O) groups excluding carboxylic acids is 3. The summed E-state index contributed by atoms with van der Waals surface area (Å²) in [6, 6.07) is 14.7. The molecule has 12 heteroatoms. The van der Waals surface area contributed by atoms with Crippen LogP contribution in [-0.4, -0.2) is 69.2 Å². The summed E-state index contributed by atoms with van der Waals surface area (Å²) < 4.78 is 27.4. The molecule has 222 valence electrons. The molecule has 0 radical (unpaired) electrons. The summed E-state index contributed by atoms with van der Waals surface area (Å²) >= 11 is 12.4. The van der Waals surface area contributed by atoms with E-state index in [1.165, 1.54) is 39.4 Å². The fourth-order valence-corrected chi connectivity index (χ4v) is 5.08. The molecule has 4 rings (SSSR count). The van der Waals surface area contributed by atoms with Crippen LogP contribution < -0.4 is 23.7 Å². The first-order valence-corrected chi connectivity index (χ1v) is 13.6. The van der Waals surface area contributed by atoms with Crippen LogP contribution in [0.3, 0.4) is 0 Å². The zero-order valence-electron chi connectivity index (χ0n) is 23.5. The van der Waals surface area contributed by atoms with E-state index in [4.69, 9.17) is 46.9 Å². The van der Waals surface area contributed by atoms with E-state index in [2.05, 4.69) is 0 Å². The number of para-hydroxylation sites is 1. The highest BCUT2D eigenvalue weighted by molar-refractivity contribution is 6.32. The maximum absolute atomic E-state index is 13.9. The van der Waals surface area contributed by atoms with E-state index in [-0.39, 0.29) is 30.3 Å². The molecule has 1 saturated heterocycles. The van der Waals surface area contributed by atoms with Crippen LogP contribution in [0.2, 0.25) is 10.0 Å². The van der Waals surface area contributed by atoms with Gasteiger partial charge in [0, 0.05) is 23.7 Å². The molecule has 1 fully saturated rings. The second-order valence-corrected chi connectivity index (χ2v) is 10.2. The van der Waals surface area contributed by atoms with Crippen LogP contribution in [0.15, 0.2) is 54.6 Å². The van der Waals surface area contributed by atoms with E-state index < -0.39 is 30.4 Å². The molecule has 0 aliphatic carbocycles. The highest BCUT2D eigenvalue weighted by Gasteiger charge is 2.39. The van der Waals surface area contributed by atoms with Gasteiger partial charge >= 0.3 is 6.09 Å². The SMILES string of the molecule is COc1cc(OC)c(CN2CC(Cc3cc(Cl)ccc3OC)C(=O)N(C(=O)Oc3ccccc3Cl)CC2=O)c(OC)c1. The molecular formula is C30H30Cl2N2O8. The normalized spacial score (nSPS) is 15.2. The van der Waals surface area contributed by atoms with E-state index in [1.54, 1.807) is 48.5 Å². The highest BCUT2D eigenvalue weighted by atomic mass is 35.5. The van der Waals surface area contributed by atoms with Crippen molar-refractivity contribution in [3.05, 3.63) is 75.8 Å². The standard InChI is InChI=1S/C30H30Cl2N2O8/c1-38-21-13-26(40-3)22(27(14-21)41-4)16-33-15-19(11-18-12-20(31)9-10-24(18)39-2)29(36)34(17-28(33)35)30(37)42-25-8-6-5-7-23(25)32/h5-10,12-14,19H,11,15-17H2,1-4H3. The number of rotatable bonds is 9. The first kappa shape index (κ1) is 30.8. The molecule has 1 aliphatic heterocycles. The number of carbonyl (C=O) groups is 3. The van der Waals surface area contributed by atoms with Gasteiger partial charge < -0.3 is 28.6 Å². The number of hydrogen-bond donors (Lipinski definition) is 0. The molecule has 10 nitrogen and oxygen atoms in total. The van der Waals surface area contributed by atoms with Gasteiger partial charge in [-0.05, 0) is 42.3 Å². The molecule has 3 aromatic rings. The van der Waals surface area contributed by atoms with Crippen molar-refractivity contribution < 1.29 is 38.1 Å². The van der Waals surface area contributed by atoms with Crippen molar-refractivity contribution in [1.82, 2.24) is 9.80 Å². The average Bonchev–Trinajstić information content (AvgIpc) is 3.10. The van der Waals surface area contributed by atoms with Crippen LogP contribution in [0.25, 0.3) is 0 Å². The second kappa shape index (κ2) is 13.7. The number of nitrogens with zero attached hydrogens (tertiary/aromatic N) is 2. The number of halogens is 2. The quantitative estimate of drug-likeness (QED) is 0.321. The minimum Gasteiger partial charge on any atom is -0.496 e. The maximum Gasteiger partial charge on any atom is 0.422 e. The molecule has 3 amide bonds. The van der Waals surface area contributed by atoms with Crippen molar-refractivity contribution in [2.45, 2.75) is 13.0 Å². The van der Waals surface area contributed by atoms with Crippen LogP contribution >= 0.6 is 23.2 Å². The molecule has 1 atom stereocenters. The Hall–Kier alpha value is -4.15. The summed E-state index contributed by atoms with van der Waals surface area (Å²) in [5.41, 5.74) is 1.20. The van der Waals surface area contributed by atoms with E-state index >= 15 is 0 Å². The van der Waals surface area contributed by atoms with Crippen molar-refractivity contribution in [2.75, 3.05) is 41.5 Å². The fraction of sp³-hybridized carbons (Fsp3) is 0.300. The van der Waals surface area contributed by atoms with E-state index in [0.717, 1.165) is 4.90 Å². The third-order valence-corrected chi connectivity index (χ3v) is 7.38. The van der Waals surface area contributed by atoms with E-state index in [1.807, 2.05) is 0 Å². The molecule has 0 saturated carbocycles. The summed E-state index contributed by atoms with van der Waals surface area (Å²) in [4.78, 5) is 43.1. The van der Waals surface area contributed by atoms with Gasteiger partial charge in [0.15, 0.2) is 5.75 Å². The molecule has 0 spiro atoms. The van der Waals surface area contributed by atoms with Crippen LogP contribution in [0.4, 0.5) is 4.79 Å². The van der Waals surface area contributed by atoms with Gasteiger partial charge in [-0.2, -0.15) is 0 Å². The zero-order valence-corrected chi connectivity index (χ0v) is 25.0. The number of benzene rings is 3. The second-order valence-electron chi connectivity index (χ2n) is 9.36. The van der Waals surface area contributed by atoms with Crippen LogP contribution in [0, 0.1) is 5.92 Å². The monoisotopic (exact) mass is 616 g/mol. The third kappa shape index (κ3) is 6.83.